The summed E-state index contributed by atoms with van der Waals surface area (Å²) in [5.41, 5.74) is 0. The quantitative estimate of drug-likeness (QED) is 0.722. The van der Waals surface area contributed by atoms with Crippen LogP contribution in [0.3, 0.4) is 0 Å². The van der Waals surface area contributed by atoms with E-state index in [9.17, 15) is 0 Å². The lowest BCUT2D eigenvalue weighted by molar-refractivity contribution is 0.290. The van der Waals surface area contributed by atoms with E-state index in [4.69, 9.17) is 9.47 Å². The number of unbranched alkanes of at least 4 members (excludes halogenated alkanes) is 1. The number of hydrogen-bond acceptors (Lipinski definition) is 2. The van der Waals surface area contributed by atoms with E-state index in [1.165, 1.54) is 5.39 Å². The van der Waals surface area contributed by atoms with E-state index in [0.29, 0.717) is 0 Å². The van der Waals surface area contributed by atoms with Gasteiger partial charge < -0.3 is 9.47 Å². The van der Waals surface area contributed by atoms with Crippen LogP contribution in [0.1, 0.15) is 19.8 Å². The van der Waals surface area contributed by atoms with Crippen LogP contribution in [-0.4, -0.2) is 13.7 Å². The molecule has 0 aliphatic carbocycles. The standard InChI is InChI=1S/C15H18O2/c1-3-4-11-17-14-10-9-12-7-5-6-8-13(12)15(14)16-2/h5-10H,3-4,11H2,1-2H3. The van der Waals surface area contributed by atoms with Gasteiger partial charge >= 0.3 is 0 Å². The second-order valence-electron chi connectivity index (χ2n) is 4.02. The highest BCUT2D eigenvalue weighted by Crippen LogP contribution is 2.35. The summed E-state index contributed by atoms with van der Waals surface area (Å²) >= 11 is 0. The molecule has 0 fully saturated rings. The maximum atomic E-state index is 5.75. The zero-order valence-corrected chi connectivity index (χ0v) is 10.4. The van der Waals surface area contributed by atoms with Gasteiger partial charge in [0.1, 0.15) is 0 Å². The first-order valence-electron chi connectivity index (χ1n) is 6.05. The van der Waals surface area contributed by atoms with Crippen LogP contribution in [0.15, 0.2) is 36.4 Å². The van der Waals surface area contributed by atoms with Gasteiger partial charge in [0.15, 0.2) is 11.5 Å². The average molecular weight is 230 g/mol. The van der Waals surface area contributed by atoms with E-state index in [0.717, 1.165) is 36.3 Å². The molecule has 0 heterocycles. The Hall–Kier alpha value is -1.70. The van der Waals surface area contributed by atoms with Crippen LogP contribution in [0.25, 0.3) is 10.8 Å². The molecule has 0 aromatic heterocycles. The summed E-state index contributed by atoms with van der Waals surface area (Å²) in [6.45, 7) is 2.90. The molecule has 0 amide bonds. The van der Waals surface area contributed by atoms with Crippen molar-refractivity contribution in [3.05, 3.63) is 36.4 Å². The summed E-state index contributed by atoms with van der Waals surface area (Å²) in [7, 11) is 1.69. The molecule has 0 spiro atoms. The Morgan fingerprint density at radius 3 is 2.65 bits per heavy atom. The minimum atomic E-state index is 0.741. The van der Waals surface area contributed by atoms with Gasteiger partial charge in [0.2, 0.25) is 0 Å². The first-order valence-corrected chi connectivity index (χ1v) is 6.05. The maximum Gasteiger partial charge on any atom is 0.168 e. The Morgan fingerprint density at radius 2 is 1.88 bits per heavy atom. The fourth-order valence-corrected chi connectivity index (χ4v) is 1.87. The van der Waals surface area contributed by atoms with Gasteiger partial charge in [-0.25, -0.2) is 0 Å². The van der Waals surface area contributed by atoms with Crippen LogP contribution in [0, 0.1) is 0 Å². The molecular weight excluding hydrogens is 212 g/mol. The van der Waals surface area contributed by atoms with Gasteiger partial charge in [-0.05, 0) is 17.9 Å². The summed E-state index contributed by atoms with van der Waals surface area (Å²) in [6.07, 6.45) is 2.20. The lowest BCUT2D eigenvalue weighted by Gasteiger charge is -2.12. The van der Waals surface area contributed by atoms with Gasteiger partial charge in [0.05, 0.1) is 13.7 Å². The van der Waals surface area contributed by atoms with Crippen molar-refractivity contribution in [1.29, 1.82) is 0 Å². The van der Waals surface area contributed by atoms with E-state index >= 15 is 0 Å². The fourth-order valence-electron chi connectivity index (χ4n) is 1.87. The van der Waals surface area contributed by atoms with Gasteiger partial charge in [-0.2, -0.15) is 0 Å². The molecule has 17 heavy (non-hydrogen) atoms. The van der Waals surface area contributed by atoms with E-state index in [2.05, 4.69) is 25.1 Å². The van der Waals surface area contributed by atoms with E-state index in [-0.39, 0.29) is 0 Å². The predicted octanol–water partition coefficient (Wildman–Crippen LogP) is 4.03. The molecule has 2 rings (SSSR count). The summed E-state index contributed by atoms with van der Waals surface area (Å²) in [5.74, 6) is 1.67. The summed E-state index contributed by atoms with van der Waals surface area (Å²) < 4.78 is 11.2. The summed E-state index contributed by atoms with van der Waals surface area (Å²) in [4.78, 5) is 0. The Morgan fingerprint density at radius 1 is 1.06 bits per heavy atom. The molecule has 0 N–H and O–H groups in total. The van der Waals surface area contributed by atoms with Crippen LogP contribution in [0.2, 0.25) is 0 Å². The minimum Gasteiger partial charge on any atom is -0.492 e. The van der Waals surface area contributed by atoms with E-state index < -0.39 is 0 Å². The number of hydrogen-bond donors (Lipinski definition) is 0. The zero-order valence-electron chi connectivity index (χ0n) is 10.4. The van der Waals surface area contributed by atoms with Gasteiger partial charge in [-0.15, -0.1) is 0 Å². The van der Waals surface area contributed by atoms with E-state index in [1.807, 2.05) is 18.2 Å². The van der Waals surface area contributed by atoms with Gasteiger partial charge in [-0.3, -0.25) is 0 Å². The highest BCUT2D eigenvalue weighted by molar-refractivity contribution is 5.90. The predicted molar refractivity (Wildman–Crippen MR) is 70.9 cm³/mol. The van der Waals surface area contributed by atoms with Crippen LogP contribution < -0.4 is 9.47 Å². The molecule has 0 aliphatic rings. The molecule has 0 saturated carbocycles. The number of ether oxygens (including phenoxy) is 2. The van der Waals surface area contributed by atoms with E-state index in [1.54, 1.807) is 7.11 Å². The third kappa shape index (κ3) is 2.52. The number of benzene rings is 2. The molecule has 90 valence electrons. The van der Waals surface area contributed by atoms with Crippen molar-refractivity contribution < 1.29 is 9.47 Å². The van der Waals surface area contributed by atoms with Crippen LogP contribution in [0.4, 0.5) is 0 Å². The second kappa shape index (κ2) is 5.58. The van der Waals surface area contributed by atoms with Crippen molar-refractivity contribution in [1.82, 2.24) is 0 Å². The third-order valence-corrected chi connectivity index (χ3v) is 2.80. The third-order valence-electron chi connectivity index (χ3n) is 2.80. The molecule has 0 radical (unpaired) electrons. The van der Waals surface area contributed by atoms with Crippen LogP contribution in [0.5, 0.6) is 11.5 Å². The van der Waals surface area contributed by atoms with Crippen molar-refractivity contribution in [2.75, 3.05) is 13.7 Å². The van der Waals surface area contributed by atoms with Crippen molar-refractivity contribution >= 4 is 10.8 Å². The molecule has 2 aromatic rings. The normalized spacial score (nSPS) is 10.5. The highest BCUT2D eigenvalue weighted by atomic mass is 16.5. The van der Waals surface area contributed by atoms with Crippen molar-refractivity contribution in [3.8, 4) is 11.5 Å². The molecule has 2 aromatic carbocycles. The molecule has 0 atom stereocenters. The first kappa shape index (κ1) is 11.8. The maximum absolute atomic E-state index is 5.75. The van der Waals surface area contributed by atoms with Crippen molar-refractivity contribution in [2.24, 2.45) is 0 Å². The summed E-state index contributed by atoms with van der Waals surface area (Å²) in [5, 5.41) is 2.27. The lowest BCUT2D eigenvalue weighted by Crippen LogP contribution is -1.99. The SMILES string of the molecule is CCCCOc1ccc2ccccc2c1OC. The van der Waals surface area contributed by atoms with Gasteiger partial charge in [0.25, 0.3) is 0 Å². The van der Waals surface area contributed by atoms with Gasteiger partial charge in [-0.1, -0.05) is 43.7 Å². The zero-order chi connectivity index (χ0) is 12.1. The second-order valence-corrected chi connectivity index (χ2v) is 4.02. The largest absolute Gasteiger partial charge is 0.492 e. The van der Waals surface area contributed by atoms with Crippen LogP contribution >= 0.6 is 0 Å². The van der Waals surface area contributed by atoms with Crippen molar-refractivity contribution in [2.45, 2.75) is 19.8 Å². The lowest BCUT2D eigenvalue weighted by atomic mass is 10.1. The first-order chi connectivity index (χ1) is 8.36. The Bertz CT molecular complexity index is 491. The van der Waals surface area contributed by atoms with Crippen LogP contribution in [-0.2, 0) is 0 Å². The minimum absolute atomic E-state index is 0.741. The average Bonchev–Trinajstić information content (AvgIpc) is 2.38. The fraction of sp³-hybridized carbons (Fsp3) is 0.333. The summed E-state index contributed by atoms with van der Waals surface area (Å²) in [6, 6.07) is 12.2. The topological polar surface area (TPSA) is 18.5 Å². The Labute approximate surface area is 102 Å². The molecule has 0 saturated heterocycles. The molecule has 2 heteroatoms. The Balaban J connectivity index is 2.35. The molecule has 0 aliphatic heterocycles. The number of fused-ring (bicyclic) bond motifs is 1. The monoisotopic (exact) mass is 230 g/mol. The Kier molecular flexibility index (Phi) is 3.86. The molecular formula is C15H18O2. The van der Waals surface area contributed by atoms with Gasteiger partial charge in [0, 0.05) is 5.39 Å². The number of rotatable bonds is 5. The highest BCUT2D eigenvalue weighted by Gasteiger charge is 2.08. The van der Waals surface area contributed by atoms with Crippen molar-refractivity contribution in [3.63, 3.8) is 0 Å². The molecule has 0 bridgehead atoms. The molecule has 0 unspecified atom stereocenters. The molecule has 2 nitrogen and oxygen atoms in total. The smallest absolute Gasteiger partial charge is 0.168 e. The number of methoxy groups -OCH3 is 1.